The first-order valence-electron chi connectivity index (χ1n) is 6.67. The molecule has 1 aliphatic heterocycles. The highest BCUT2D eigenvalue weighted by Crippen LogP contribution is 2.28. The fourth-order valence-corrected chi connectivity index (χ4v) is 3.01. The number of nitrogens with zero attached hydrogens (tertiary/aromatic N) is 2. The fraction of sp³-hybridized carbons (Fsp3) is 0.533. The van der Waals surface area contributed by atoms with Crippen molar-refractivity contribution in [1.29, 1.82) is 0 Å². The minimum atomic E-state index is 0.127. The molecule has 3 nitrogen and oxygen atoms in total. The SMILES string of the molecule is CC(=O)c1ccc(Br)cc1N1CC(C)N(C)C(C)C1. The van der Waals surface area contributed by atoms with Gasteiger partial charge in [-0.25, -0.2) is 0 Å². The molecule has 104 valence electrons. The van der Waals surface area contributed by atoms with E-state index in [1.807, 2.05) is 12.1 Å². The number of carbonyl (C=O) groups excluding carboxylic acids is 1. The lowest BCUT2D eigenvalue weighted by Crippen LogP contribution is -2.55. The molecule has 0 aliphatic carbocycles. The highest BCUT2D eigenvalue weighted by atomic mass is 79.9. The number of ketones is 1. The number of rotatable bonds is 2. The number of hydrogen-bond donors (Lipinski definition) is 0. The zero-order valence-electron chi connectivity index (χ0n) is 12.0. The van der Waals surface area contributed by atoms with Gasteiger partial charge in [0, 0.05) is 40.9 Å². The van der Waals surface area contributed by atoms with Crippen molar-refractivity contribution in [3.63, 3.8) is 0 Å². The molecule has 0 aromatic heterocycles. The quantitative estimate of drug-likeness (QED) is 0.780. The minimum Gasteiger partial charge on any atom is -0.368 e. The normalized spacial score (nSPS) is 24.6. The van der Waals surface area contributed by atoms with Gasteiger partial charge in [0.1, 0.15) is 0 Å². The first-order valence-corrected chi connectivity index (χ1v) is 7.47. The lowest BCUT2D eigenvalue weighted by molar-refractivity contribution is 0.101. The van der Waals surface area contributed by atoms with Crippen LogP contribution in [0.25, 0.3) is 0 Å². The van der Waals surface area contributed by atoms with Gasteiger partial charge < -0.3 is 4.90 Å². The molecular weight excluding hydrogens is 304 g/mol. The molecule has 1 heterocycles. The molecule has 0 radical (unpaired) electrons. The van der Waals surface area contributed by atoms with Crippen LogP contribution >= 0.6 is 15.9 Å². The van der Waals surface area contributed by atoms with Crippen molar-refractivity contribution in [2.45, 2.75) is 32.9 Å². The van der Waals surface area contributed by atoms with Gasteiger partial charge >= 0.3 is 0 Å². The molecule has 2 rings (SSSR count). The van der Waals surface area contributed by atoms with E-state index in [-0.39, 0.29) is 5.78 Å². The first-order chi connectivity index (χ1) is 8.90. The molecule has 1 aliphatic rings. The molecule has 1 aromatic rings. The summed E-state index contributed by atoms with van der Waals surface area (Å²) in [6.07, 6.45) is 0. The molecule has 0 bridgehead atoms. The Labute approximate surface area is 123 Å². The van der Waals surface area contributed by atoms with Crippen LogP contribution in [0.4, 0.5) is 5.69 Å². The van der Waals surface area contributed by atoms with Crippen molar-refractivity contribution >= 4 is 27.4 Å². The lowest BCUT2D eigenvalue weighted by Gasteiger charge is -2.44. The van der Waals surface area contributed by atoms with Crippen molar-refractivity contribution in [1.82, 2.24) is 4.90 Å². The second-order valence-corrected chi connectivity index (χ2v) is 6.40. The number of likely N-dealkylation sites (N-methyl/N-ethyl adjacent to an activating group) is 1. The summed E-state index contributed by atoms with van der Waals surface area (Å²) in [5.74, 6) is 0.127. The van der Waals surface area contributed by atoms with Crippen molar-refractivity contribution in [3.05, 3.63) is 28.2 Å². The molecule has 4 heteroatoms. The van der Waals surface area contributed by atoms with Crippen LogP contribution in [-0.4, -0.2) is 42.9 Å². The van der Waals surface area contributed by atoms with Crippen molar-refractivity contribution < 1.29 is 4.79 Å². The molecule has 0 amide bonds. The van der Waals surface area contributed by atoms with Crippen LogP contribution in [0.3, 0.4) is 0 Å². The molecule has 1 fully saturated rings. The maximum absolute atomic E-state index is 11.8. The second-order valence-electron chi connectivity index (χ2n) is 5.49. The zero-order valence-corrected chi connectivity index (χ0v) is 13.6. The highest BCUT2D eigenvalue weighted by molar-refractivity contribution is 9.10. The average Bonchev–Trinajstić information content (AvgIpc) is 2.34. The monoisotopic (exact) mass is 324 g/mol. The van der Waals surface area contributed by atoms with E-state index in [2.05, 4.69) is 52.7 Å². The van der Waals surface area contributed by atoms with Crippen LogP contribution in [-0.2, 0) is 0 Å². The summed E-state index contributed by atoms with van der Waals surface area (Å²) >= 11 is 3.51. The number of benzene rings is 1. The molecular formula is C15H21BrN2O. The van der Waals surface area contributed by atoms with Gasteiger partial charge in [-0.2, -0.15) is 0 Å². The molecule has 2 atom stereocenters. The van der Waals surface area contributed by atoms with Crippen molar-refractivity contribution in [2.75, 3.05) is 25.0 Å². The van der Waals surface area contributed by atoms with E-state index in [0.717, 1.165) is 28.8 Å². The van der Waals surface area contributed by atoms with Gasteiger partial charge in [-0.1, -0.05) is 15.9 Å². The second kappa shape index (κ2) is 5.63. The summed E-state index contributed by atoms with van der Waals surface area (Å²) < 4.78 is 1.02. The number of halogens is 1. The largest absolute Gasteiger partial charge is 0.368 e. The number of anilines is 1. The third-order valence-corrected chi connectivity index (χ3v) is 4.53. The van der Waals surface area contributed by atoms with Crippen molar-refractivity contribution in [2.24, 2.45) is 0 Å². The number of hydrogen-bond acceptors (Lipinski definition) is 3. The van der Waals surface area contributed by atoms with Gasteiger partial charge in [-0.05, 0) is 46.0 Å². The van der Waals surface area contributed by atoms with Crippen LogP contribution in [0, 0.1) is 0 Å². The summed E-state index contributed by atoms with van der Waals surface area (Å²) in [7, 11) is 2.17. The maximum atomic E-state index is 11.8. The molecule has 19 heavy (non-hydrogen) atoms. The minimum absolute atomic E-state index is 0.127. The topological polar surface area (TPSA) is 23.6 Å². The third-order valence-electron chi connectivity index (χ3n) is 4.04. The Hall–Kier alpha value is -0.870. The fourth-order valence-electron chi connectivity index (χ4n) is 2.67. The summed E-state index contributed by atoms with van der Waals surface area (Å²) in [6, 6.07) is 6.88. The number of carbonyl (C=O) groups is 1. The standard InChI is InChI=1S/C15H21BrN2O/c1-10-8-18(9-11(2)17(10)4)15-7-13(16)5-6-14(15)12(3)19/h5-7,10-11H,8-9H2,1-4H3. The van der Waals surface area contributed by atoms with Crippen LogP contribution in [0.1, 0.15) is 31.1 Å². The molecule has 0 N–H and O–H groups in total. The summed E-state index contributed by atoms with van der Waals surface area (Å²) in [6.45, 7) is 8.01. The zero-order chi connectivity index (χ0) is 14.2. The van der Waals surface area contributed by atoms with Crippen LogP contribution in [0.2, 0.25) is 0 Å². The predicted octanol–water partition coefficient (Wildman–Crippen LogP) is 3.18. The third kappa shape index (κ3) is 3.00. The van der Waals surface area contributed by atoms with Crippen molar-refractivity contribution in [3.8, 4) is 0 Å². The highest BCUT2D eigenvalue weighted by Gasteiger charge is 2.28. The van der Waals surface area contributed by atoms with Crippen LogP contribution < -0.4 is 4.90 Å². The smallest absolute Gasteiger partial charge is 0.161 e. The van der Waals surface area contributed by atoms with E-state index in [9.17, 15) is 4.79 Å². The average molecular weight is 325 g/mol. The number of Topliss-reactive ketones (excluding diaryl/α,β-unsaturated/α-hetero) is 1. The Morgan fingerprint density at radius 2 is 1.84 bits per heavy atom. The molecule has 0 spiro atoms. The van der Waals surface area contributed by atoms with Gasteiger partial charge in [0.25, 0.3) is 0 Å². The Morgan fingerprint density at radius 1 is 1.26 bits per heavy atom. The first kappa shape index (κ1) is 14.5. The summed E-state index contributed by atoms with van der Waals surface area (Å²) in [5.41, 5.74) is 1.86. The van der Waals surface area contributed by atoms with Gasteiger partial charge in [0.15, 0.2) is 5.78 Å². The van der Waals surface area contributed by atoms with E-state index in [1.54, 1.807) is 6.92 Å². The van der Waals surface area contributed by atoms with Gasteiger partial charge in [-0.3, -0.25) is 9.69 Å². The summed E-state index contributed by atoms with van der Waals surface area (Å²) in [5, 5.41) is 0. The summed E-state index contributed by atoms with van der Waals surface area (Å²) in [4.78, 5) is 16.5. The Balaban J connectivity index is 2.36. The van der Waals surface area contributed by atoms with Crippen LogP contribution in [0.15, 0.2) is 22.7 Å². The molecule has 1 aromatic carbocycles. The lowest BCUT2D eigenvalue weighted by atomic mass is 10.0. The molecule has 0 saturated carbocycles. The van der Waals surface area contributed by atoms with Crippen LogP contribution in [0.5, 0.6) is 0 Å². The Morgan fingerprint density at radius 3 is 2.37 bits per heavy atom. The molecule has 2 unspecified atom stereocenters. The van der Waals surface area contributed by atoms with E-state index >= 15 is 0 Å². The van der Waals surface area contributed by atoms with E-state index < -0.39 is 0 Å². The Kier molecular flexibility index (Phi) is 4.31. The van der Waals surface area contributed by atoms with E-state index in [0.29, 0.717) is 12.1 Å². The predicted molar refractivity (Wildman–Crippen MR) is 83.0 cm³/mol. The molecule has 1 saturated heterocycles. The van der Waals surface area contributed by atoms with Gasteiger partial charge in [0.05, 0.1) is 0 Å². The van der Waals surface area contributed by atoms with E-state index in [1.165, 1.54) is 0 Å². The maximum Gasteiger partial charge on any atom is 0.161 e. The van der Waals surface area contributed by atoms with E-state index in [4.69, 9.17) is 0 Å². The van der Waals surface area contributed by atoms with Gasteiger partial charge in [0.2, 0.25) is 0 Å². The number of piperazine rings is 1. The Bertz CT molecular complexity index is 477. The van der Waals surface area contributed by atoms with Gasteiger partial charge in [-0.15, -0.1) is 0 Å².